The molecule has 0 bridgehead atoms. The van der Waals surface area contributed by atoms with Crippen LogP contribution in [-0.4, -0.2) is 5.11 Å². The predicted molar refractivity (Wildman–Crippen MR) is 85.6 cm³/mol. The Labute approximate surface area is 128 Å². The number of thiocarbonyl (C=S) groups is 1. The van der Waals surface area contributed by atoms with Gasteiger partial charge >= 0.3 is 0 Å². The molecule has 1 atom stereocenters. The Balaban J connectivity index is 1.95. The van der Waals surface area contributed by atoms with Gasteiger partial charge in [-0.2, -0.15) is 0 Å². The molecule has 0 radical (unpaired) electrons. The van der Waals surface area contributed by atoms with Crippen LogP contribution in [0.5, 0.6) is 0 Å². The Kier molecular flexibility index (Phi) is 4.93. The van der Waals surface area contributed by atoms with Crippen molar-refractivity contribution in [2.45, 2.75) is 13.0 Å². The average molecular weight is 309 g/mol. The van der Waals surface area contributed by atoms with E-state index in [0.717, 1.165) is 11.3 Å². The minimum absolute atomic E-state index is 0.0187. The van der Waals surface area contributed by atoms with Crippen molar-refractivity contribution in [2.24, 2.45) is 0 Å². The molecule has 0 fully saturated rings. The molecule has 0 aliphatic rings. The second kappa shape index (κ2) is 6.68. The molecule has 0 aromatic heterocycles. The van der Waals surface area contributed by atoms with Gasteiger partial charge in [-0.1, -0.05) is 29.8 Å². The van der Waals surface area contributed by atoms with Crippen molar-refractivity contribution >= 4 is 34.6 Å². The van der Waals surface area contributed by atoms with E-state index in [1.807, 2.05) is 19.1 Å². The number of rotatable bonds is 3. The molecule has 0 spiro atoms. The number of hydrogen-bond acceptors (Lipinski definition) is 1. The summed E-state index contributed by atoms with van der Waals surface area (Å²) < 4.78 is 12.9. The molecule has 0 saturated heterocycles. The van der Waals surface area contributed by atoms with E-state index >= 15 is 0 Å². The van der Waals surface area contributed by atoms with E-state index < -0.39 is 0 Å². The third-order valence-corrected chi connectivity index (χ3v) is 3.26. The number of halogens is 2. The van der Waals surface area contributed by atoms with Crippen molar-refractivity contribution in [1.82, 2.24) is 5.32 Å². The second-order valence-electron chi connectivity index (χ2n) is 4.38. The number of hydrogen-bond donors (Lipinski definition) is 2. The van der Waals surface area contributed by atoms with Gasteiger partial charge in [0.15, 0.2) is 5.11 Å². The smallest absolute Gasteiger partial charge is 0.171 e. The Bertz CT molecular complexity index is 601. The summed E-state index contributed by atoms with van der Waals surface area (Å²) in [4.78, 5) is 0. The molecular formula is C15H14ClFN2S. The molecule has 2 rings (SSSR count). The van der Waals surface area contributed by atoms with Crippen molar-refractivity contribution in [3.63, 3.8) is 0 Å². The Morgan fingerprint density at radius 3 is 2.55 bits per heavy atom. The molecular weight excluding hydrogens is 295 g/mol. The Hall–Kier alpha value is -1.65. The van der Waals surface area contributed by atoms with Crippen molar-refractivity contribution in [1.29, 1.82) is 0 Å². The molecule has 0 amide bonds. The molecule has 2 aromatic carbocycles. The van der Waals surface area contributed by atoms with Gasteiger partial charge in [0.2, 0.25) is 0 Å². The fraction of sp³-hybridized carbons (Fsp3) is 0.133. The molecule has 2 nitrogen and oxygen atoms in total. The third-order valence-electron chi connectivity index (χ3n) is 2.80. The minimum atomic E-state index is -0.249. The second-order valence-corrected chi connectivity index (χ2v) is 5.23. The van der Waals surface area contributed by atoms with E-state index in [9.17, 15) is 4.39 Å². The lowest BCUT2D eigenvalue weighted by atomic mass is 10.1. The van der Waals surface area contributed by atoms with Crippen molar-refractivity contribution in [3.05, 3.63) is 64.9 Å². The molecule has 5 heteroatoms. The molecule has 2 aromatic rings. The monoisotopic (exact) mass is 308 g/mol. The zero-order valence-corrected chi connectivity index (χ0v) is 12.4. The molecule has 2 N–H and O–H groups in total. The van der Waals surface area contributed by atoms with Gasteiger partial charge in [-0.05, 0) is 55.0 Å². The maximum absolute atomic E-state index is 12.9. The quantitative estimate of drug-likeness (QED) is 0.815. The number of benzene rings is 2. The average Bonchev–Trinajstić information content (AvgIpc) is 2.39. The number of nitrogens with one attached hydrogen (secondary N) is 2. The third kappa shape index (κ3) is 4.18. The summed E-state index contributed by atoms with van der Waals surface area (Å²) in [7, 11) is 0. The van der Waals surface area contributed by atoms with E-state index in [1.54, 1.807) is 24.3 Å². The Morgan fingerprint density at radius 2 is 1.90 bits per heavy atom. The lowest BCUT2D eigenvalue weighted by Gasteiger charge is -2.17. The van der Waals surface area contributed by atoms with Gasteiger partial charge in [0, 0.05) is 10.7 Å². The van der Waals surface area contributed by atoms with Crippen LogP contribution in [0, 0.1) is 5.82 Å². The Morgan fingerprint density at radius 1 is 1.20 bits per heavy atom. The fourth-order valence-corrected chi connectivity index (χ4v) is 2.25. The maximum Gasteiger partial charge on any atom is 0.171 e. The fourth-order valence-electron chi connectivity index (χ4n) is 1.76. The van der Waals surface area contributed by atoms with Crippen molar-refractivity contribution < 1.29 is 4.39 Å². The minimum Gasteiger partial charge on any atom is -0.356 e. The van der Waals surface area contributed by atoms with Gasteiger partial charge < -0.3 is 10.6 Å². The van der Waals surface area contributed by atoms with Gasteiger partial charge in [-0.15, -0.1) is 0 Å². The normalized spacial score (nSPS) is 11.8. The first-order valence-electron chi connectivity index (χ1n) is 6.13. The maximum atomic E-state index is 12.9. The zero-order chi connectivity index (χ0) is 14.5. The molecule has 0 aliphatic carbocycles. The van der Waals surface area contributed by atoms with Gasteiger partial charge in [-0.25, -0.2) is 4.39 Å². The molecule has 0 unspecified atom stereocenters. The van der Waals surface area contributed by atoms with Gasteiger partial charge in [0.1, 0.15) is 5.82 Å². The van der Waals surface area contributed by atoms with E-state index in [0.29, 0.717) is 10.1 Å². The van der Waals surface area contributed by atoms with Crippen LogP contribution >= 0.6 is 23.8 Å². The molecule has 0 saturated carbocycles. The highest BCUT2D eigenvalue weighted by Gasteiger charge is 2.07. The molecule has 0 heterocycles. The topological polar surface area (TPSA) is 24.1 Å². The van der Waals surface area contributed by atoms with Crippen LogP contribution in [-0.2, 0) is 0 Å². The van der Waals surface area contributed by atoms with Gasteiger partial charge in [-0.3, -0.25) is 0 Å². The largest absolute Gasteiger partial charge is 0.356 e. The van der Waals surface area contributed by atoms with Crippen molar-refractivity contribution in [2.75, 3.05) is 5.32 Å². The molecule has 104 valence electrons. The zero-order valence-electron chi connectivity index (χ0n) is 10.9. The standard InChI is InChI=1S/C15H14ClFN2S/c1-10(11-5-7-13(17)8-6-11)18-15(20)19-14-4-2-3-12(16)9-14/h2-10H,1H3,(H2,18,19,20)/t10-/m0/s1. The van der Waals surface area contributed by atoms with Crippen LogP contribution in [0.15, 0.2) is 48.5 Å². The van der Waals surface area contributed by atoms with E-state index in [1.165, 1.54) is 12.1 Å². The summed E-state index contributed by atoms with van der Waals surface area (Å²) in [6, 6.07) is 13.6. The lowest BCUT2D eigenvalue weighted by molar-refractivity contribution is 0.624. The summed E-state index contributed by atoms with van der Waals surface area (Å²) in [6.45, 7) is 1.96. The highest BCUT2D eigenvalue weighted by Crippen LogP contribution is 2.16. The van der Waals surface area contributed by atoms with Crippen LogP contribution in [0.1, 0.15) is 18.5 Å². The lowest BCUT2D eigenvalue weighted by Crippen LogP contribution is -2.30. The number of anilines is 1. The predicted octanol–water partition coefficient (Wildman–Crippen LogP) is 4.53. The first kappa shape index (κ1) is 14.8. The van der Waals surface area contributed by atoms with Crippen molar-refractivity contribution in [3.8, 4) is 0 Å². The van der Waals surface area contributed by atoms with Crippen LogP contribution in [0.3, 0.4) is 0 Å². The van der Waals surface area contributed by atoms with E-state index in [-0.39, 0.29) is 11.9 Å². The van der Waals surface area contributed by atoms with Gasteiger partial charge in [0.25, 0.3) is 0 Å². The SMILES string of the molecule is C[C@H](NC(=S)Nc1cccc(Cl)c1)c1ccc(F)cc1. The first-order chi connectivity index (χ1) is 9.54. The van der Waals surface area contributed by atoms with Crippen LogP contribution < -0.4 is 10.6 Å². The first-order valence-corrected chi connectivity index (χ1v) is 6.92. The highest BCUT2D eigenvalue weighted by molar-refractivity contribution is 7.80. The van der Waals surface area contributed by atoms with E-state index in [2.05, 4.69) is 10.6 Å². The van der Waals surface area contributed by atoms with E-state index in [4.69, 9.17) is 23.8 Å². The summed E-state index contributed by atoms with van der Waals surface area (Å²) in [5.74, 6) is -0.249. The summed E-state index contributed by atoms with van der Waals surface area (Å²) in [5, 5.41) is 7.33. The van der Waals surface area contributed by atoms with Crippen LogP contribution in [0.2, 0.25) is 5.02 Å². The molecule has 0 aliphatic heterocycles. The molecule has 20 heavy (non-hydrogen) atoms. The summed E-state index contributed by atoms with van der Waals surface area (Å²) in [5.41, 5.74) is 1.78. The van der Waals surface area contributed by atoms with Gasteiger partial charge in [0.05, 0.1) is 6.04 Å². The highest BCUT2D eigenvalue weighted by atomic mass is 35.5. The van der Waals surface area contributed by atoms with Crippen LogP contribution in [0.4, 0.5) is 10.1 Å². The summed E-state index contributed by atoms with van der Waals surface area (Å²) in [6.07, 6.45) is 0. The summed E-state index contributed by atoms with van der Waals surface area (Å²) >= 11 is 11.1. The van der Waals surface area contributed by atoms with Crippen LogP contribution in [0.25, 0.3) is 0 Å².